The third-order valence-electron chi connectivity index (χ3n) is 9.08. The first-order valence-corrected chi connectivity index (χ1v) is 25.0. The molecule has 24 nitrogen and oxygen atoms in total. The molecule has 74 heavy (non-hydrogen) atoms. The second-order valence-corrected chi connectivity index (χ2v) is 19.7. The van der Waals surface area contributed by atoms with Gasteiger partial charge in [0.25, 0.3) is 0 Å². The third-order valence-corrected chi connectivity index (χ3v) is 12.5. The Balaban J connectivity index is 0.00000469. The number of carbonyl (C=O) groups is 2. The maximum Gasteiger partial charge on any atom is 1.00 e. The minimum atomic E-state index is -5.09. The quantitative estimate of drug-likeness (QED) is 0.0416. The molecular weight excluding hydrogens is 1090 g/mol. The van der Waals surface area contributed by atoms with Gasteiger partial charge in [-0.05, 0) is 146 Å². The van der Waals surface area contributed by atoms with Gasteiger partial charge in [-0.15, -0.1) is 10.2 Å². The SMILES string of the molecule is Cc1cc(NC(=O)C=CC(=O)Nc2ccc(N=Nc3ccc(N=Nc4ccc(S(=O)(=O)[O-])cc4)cc3S(=O)(=O)[O-])c(C)c2)ccc1N=Nc1ccc(N=Nc2ccc(S(=O)(=O)[O-])cc2)cc1S(=O)(=O)[O-].[Na+].[Na+].[Na+].[Na+]. The van der Waals surface area contributed by atoms with Crippen molar-refractivity contribution in [3.63, 3.8) is 0 Å². The molecule has 0 aliphatic rings. The fraction of sp³-hybridized carbons (Fsp3) is 0.0476. The average molecular weight is 1120 g/mol. The first-order chi connectivity index (χ1) is 32.8. The van der Waals surface area contributed by atoms with Gasteiger partial charge < -0.3 is 28.8 Å². The number of hydrogen-bond acceptors (Lipinski definition) is 22. The van der Waals surface area contributed by atoms with Crippen LogP contribution < -0.4 is 129 Å². The average Bonchev–Trinajstić information content (AvgIpc) is 3.28. The molecule has 32 heteroatoms. The van der Waals surface area contributed by atoms with Crippen molar-refractivity contribution in [2.45, 2.75) is 33.4 Å². The van der Waals surface area contributed by atoms with Crippen molar-refractivity contribution < 1.29 is 180 Å². The molecule has 0 aromatic heterocycles. The molecule has 0 fully saturated rings. The molecular formula is C42H30N10Na4O14S4. The van der Waals surface area contributed by atoms with E-state index in [4.69, 9.17) is 0 Å². The zero-order valence-corrected chi connectivity index (χ0v) is 50.9. The molecule has 2 amide bonds. The number of aryl methyl sites for hydroxylation is 2. The fourth-order valence-electron chi connectivity index (χ4n) is 5.71. The molecule has 0 bridgehead atoms. The van der Waals surface area contributed by atoms with Crippen LogP contribution in [0.1, 0.15) is 11.1 Å². The normalized spacial score (nSPS) is 12.0. The van der Waals surface area contributed by atoms with Gasteiger partial charge in [-0.3, -0.25) is 9.59 Å². The van der Waals surface area contributed by atoms with Crippen LogP contribution in [0.25, 0.3) is 0 Å². The van der Waals surface area contributed by atoms with Crippen molar-refractivity contribution in [1.82, 2.24) is 0 Å². The Morgan fingerprint density at radius 1 is 0.378 bits per heavy atom. The summed E-state index contributed by atoms with van der Waals surface area (Å²) in [5.41, 5.74) is 1.46. The van der Waals surface area contributed by atoms with Gasteiger partial charge in [0.1, 0.15) is 51.8 Å². The van der Waals surface area contributed by atoms with Crippen LogP contribution in [-0.2, 0) is 50.1 Å². The Labute approximate surface area is 512 Å². The van der Waals surface area contributed by atoms with E-state index in [0.29, 0.717) is 11.1 Å². The molecule has 6 aromatic carbocycles. The molecule has 0 spiro atoms. The predicted molar refractivity (Wildman–Crippen MR) is 243 cm³/mol. The summed E-state index contributed by atoms with van der Waals surface area (Å²) in [5, 5.41) is 36.5. The van der Waals surface area contributed by atoms with Crippen LogP contribution in [0.15, 0.2) is 194 Å². The van der Waals surface area contributed by atoms with Gasteiger partial charge in [0.15, 0.2) is 0 Å². The Morgan fingerprint density at radius 2 is 0.662 bits per heavy atom. The number of rotatable bonds is 16. The first kappa shape index (κ1) is 66.2. The number of benzene rings is 6. The van der Waals surface area contributed by atoms with Crippen molar-refractivity contribution in [2.24, 2.45) is 40.9 Å². The molecule has 0 saturated carbocycles. The number of nitrogens with zero attached hydrogens (tertiary/aromatic N) is 8. The predicted octanol–water partition coefficient (Wildman–Crippen LogP) is -3.27. The molecule has 2 N–H and O–H groups in total. The Bertz CT molecular complexity index is 3440. The van der Waals surface area contributed by atoms with Crippen molar-refractivity contribution in [3.05, 3.63) is 145 Å². The monoisotopic (exact) mass is 1120 g/mol. The van der Waals surface area contributed by atoms with Gasteiger partial charge >= 0.3 is 118 Å². The van der Waals surface area contributed by atoms with E-state index in [-0.39, 0.29) is 175 Å². The second-order valence-electron chi connectivity index (χ2n) is 14.2. The van der Waals surface area contributed by atoms with E-state index in [1.54, 1.807) is 13.8 Å². The Hall–Kier alpha value is -3.96. The molecule has 0 saturated heterocycles. The van der Waals surface area contributed by atoms with Gasteiger partial charge in [0.05, 0.1) is 53.7 Å². The Kier molecular flexibility index (Phi) is 25.4. The number of anilines is 2. The minimum Gasteiger partial charge on any atom is -0.744 e. The van der Waals surface area contributed by atoms with Crippen molar-refractivity contribution in [1.29, 1.82) is 0 Å². The van der Waals surface area contributed by atoms with Crippen LogP contribution in [0.2, 0.25) is 0 Å². The smallest absolute Gasteiger partial charge is 0.744 e. The summed E-state index contributed by atoms with van der Waals surface area (Å²) < 4.78 is 139. The van der Waals surface area contributed by atoms with Gasteiger partial charge in [-0.2, -0.15) is 30.7 Å². The van der Waals surface area contributed by atoms with Crippen LogP contribution in [0, 0.1) is 13.8 Å². The summed E-state index contributed by atoms with van der Waals surface area (Å²) in [6.45, 7) is 3.22. The van der Waals surface area contributed by atoms with E-state index in [9.17, 15) is 61.5 Å². The number of azo groups is 4. The van der Waals surface area contributed by atoms with Gasteiger partial charge in [-0.25, -0.2) is 33.7 Å². The van der Waals surface area contributed by atoms with E-state index < -0.39 is 71.9 Å². The van der Waals surface area contributed by atoms with Crippen molar-refractivity contribution in [2.75, 3.05) is 10.6 Å². The van der Waals surface area contributed by atoms with Gasteiger partial charge in [-0.1, -0.05) is 0 Å². The summed E-state index contributed by atoms with van der Waals surface area (Å²) in [6, 6.07) is 24.4. The second kappa shape index (κ2) is 28.4. The van der Waals surface area contributed by atoms with Crippen LogP contribution in [0.3, 0.4) is 0 Å². The van der Waals surface area contributed by atoms with Crippen LogP contribution >= 0.6 is 0 Å². The summed E-state index contributed by atoms with van der Waals surface area (Å²) in [7, 11) is -19.6. The van der Waals surface area contributed by atoms with Gasteiger partial charge in [0, 0.05) is 23.5 Å². The van der Waals surface area contributed by atoms with Crippen LogP contribution in [0.5, 0.6) is 0 Å². The summed E-state index contributed by atoms with van der Waals surface area (Å²) in [4.78, 5) is 22.8. The van der Waals surface area contributed by atoms with E-state index in [2.05, 4.69) is 51.5 Å². The van der Waals surface area contributed by atoms with E-state index >= 15 is 0 Å². The maximum absolute atomic E-state index is 12.7. The van der Waals surface area contributed by atoms with Crippen LogP contribution in [0.4, 0.5) is 56.9 Å². The molecule has 360 valence electrons. The zero-order chi connectivity index (χ0) is 51.0. The molecule has 0 heterocycles. The standard InChI is InChI=1S/C42H34N10O14S4.4Na/c1-25-21-29(7-15-35(25)49-51-37-17-9-31(23-39(37)69(61,62)63)47-45-27-3-11-33(12-4-27)67(55,56)57)43-41(53)19-20-42(54)44-30-8-16-36(26(2)22-30)50-52-38-18-10-32(24-40(38)70(64,65)66)48-46-28-5-13-34(14-6-28)68(58,59)60;;;;/h3-24H,1-2H3,(H,43,53)(H,44,54)(H,55,56,57)(H,58,59,60)(H,61,62,63)(H,64,65,66);;;;/q;4*+1/p-4. The summed E-state index contributed by atoms with van der Waals surface area (Å²) in [6.07, 6.45) is 1.93. The topological polar surface area (TPSA) is 386 Å². The number of carbonyl (C=O) groups excluding carboxylic acids is 2. The van der Waals surface area contributed by atoms with E-state index in [1.807, 2.05) is 0 Å². The van der Waals surface area contributed by atoms with E-state index in [1.165, 1.54) is 84.9 Å². The molecule has 6 rings (SSSR count). The maximum atomic E-state index is 12.7. The Morgan fingerprint density at radius 3 is 0.959 bits per heavy atom. The molecule has 0 aliphatic carbocycles. The third kappa shape index (κ3) is 19.6. The largest absolute Gasteiger partial charge is 1.00 e. The minimum absolute atomic E-state index is 0. The van der Waals surface area contributed by atoms with Gasteiger partial charge in [0.2, 0.25) is 11.8 Å². The van der Waals surface area contributed by atoms with E-state index in [0.717, 1.165) is 48.6 Å². The first-order valence-electron chi connectivity index (χ1n) is 19.3. The molecule has 0 atom stereocenters. The molecule has 0 radical (unpaired) electrons. The summed E-state index contributed by atoms with van der Waals surface area (Å²) in [5.74, 6) is -1.38. The molecule has 0 aliphatic heterocycles. The number of nitrogens with one attached hydrogen (secondary N) is 2. The molecule has 0 unspecified atom stereocenters. The zero-order valence-electron chi connectivity index (χ0n) is 39.6. The fourth-order valence-corrected chi connectivity index (χ4v) is 7.91. The number of hydrogen-bond donors (Lipinski definition) is 2. The summed E-state index contributed by atoms with van der Waals surface area (Å²) >= 11 is 0. The van der Waals surface area contributed by atoms with Crippen LogP contribution in [-0.4, -0.2) is 63.7 Å². The van der Waals surface area contributed by atoms with Crippen molar-refractivity contribution in [3.8, 4) is 0 Å². The van der Waals surface area contributed by atoms with Crippen molar-refractivity contribution >= 4 is 109 Å². The molecule has 6 aromatic rings. The number of amides is 2.